The average Bonchev–Trinajstić information content (AvgIpc) is 2.96. The lowest BCUT2D eigenvalue weighted by molar-refractivity contribution is -0.307. The highest BCUT2D eigenvalue weighted by Crippen LogP contribution is 2.66. The van der Waals surface area contributed by atoms with Gasteiger partial charge in [0, 0.05) is 24.6 Å². The first-order chi connectivity index (χ1) is 14.5. The van der Waals surface area contributed by atoms with Crippen molar-refractivity contribution in [1.82, 2.24) is 5.06 Å². The summed E-state index contributed by atoms with van der Waals surface area (Å²) in [7, 11) is 0. The minimum atomic E-state index is -0.971. The van der Waals surface area contributed by atoms with Gasteiger partial charge >= 0.3 is 5.97 Å². The second-order valence-corrected chi connectivity index (χ2v) is 10.6. The Hall–Kier alpha value is -2.12. The highest BCUT2D eigenvalue weighted by Gasteiger charge is 2.72. The van der Waals surface area contributed by atoms with Crippen molar-refractivity contribution >= 4 is 11.8 Å². The van der Waals surface area contributed by atoms with E-state index in [1.807, 2.05) is 38.8 Å². The van der Waals surface area contributed by atoms with Crippen molar-refractivity contribution in [3.63, 3.8) is 0 Å². The van der Waals surface area contributed by atoms with Crippen LogP contribution >= 0.6 is 0 Å². The van der Waals surface area contributed by atoms with Crippen molar-refractivity contribution in [2.75, 3.05) is 6.54 Å². The van der Waals surface area contributed by atoms with Crippen molar-refractivity contribution < 1.29 is 29.0 Å². The van der Waals surface area contributed by atoms with Gasteiger partial charge in [0.25, 0.3) is 0 Å². The largest absolute Gasteiger partial charge is 0.504 e. The van der Waals surface area contributed by atoms with Gasteiger partial charge in [-0.25, -0.2) is 0 Å². The van der Waals surface area contributed by atoms with Crippen LogP contribution in [0, 0.1) is 11.3 Å². The molecule has 1 N–H and O–H groups in total. The number of phenolic OH excluding ortho intramolecular Hbond substituents is 1. The molecular weight excluding hydrogens is 398 g/mol. The maximum absolute atomic E-state index is 13.1. The third-order valence-electron chi connectivity index (χ3n) is 7.83. The summed E-state index contributed by atoms with van der Waals surface area (Å²) < 4.78 is 11.8. The van der Waals surface area contributed by atoms with Crippen molar-refractivity contribution in [3.8, 4) is 11.5 Å². The van der Waals surface area contributed by atoms with E-state index in [-0.39, 0.29) is 29.5 Å². The quantitative estimate of drug-likeness (QED) is 0.583. The molecule has 1 aromatic carbocycles. The third kappa shape index (κ3) is 2.65. The van der Waals surface area contributed by atoms with Gasteiger partial charge in [-0.1, -0.05) is 6.07 Å². The van der Waals surface area contributed by atoms with Crippen LogP contribution in [0.25, 0.3) is 0 Å². The van der Waals surface area contributed by atoms with E-state index in [1.54, 1.807) is 13.0 Å². The number of rotatable bonds is 3. The number of benzene rings is 1. The number of Topliss-reactive ketones (excluding diaryl/α,β-unsaturated/α-hetero) is 1. The Kier molecular flexibility index (Phi) is 4.32. The smallest absolute Gasteiger partial charge is 0.313 e. The Bertz CT molecular complexity index is 968. The van der Waals surface area contributed by atoms with E-state index in [0.29, 0.717) is 25.1 Å². The van der Waals surface area contributed by atoms with Gasteiger partial charge in [0.05, 0.1) is 10.8 Å². The number of hydrogen-bond donors (Lipinski definition) is 1. The highest BCUT2D eigenvalue weighted by molar-refractivity contribution is 5.93. The van der Waals surface area contributed by atoms with Crippen LogP contribution in [0.15, 0.2) is 12.1 Å². The summed E-state index contributed by atoms with van der Waals surface area (Å²) in [6, 6.07) is 3.65. The number of nitrogens with zero attached hydrogens (tertiary/aromatic N) is 1. The average molecular weight is 430 g/mol. The Morgan fingerprint density at radius 2 is 2.10 bits per heavy atom. The van der Waals surface area contributed by atoms with Crippen molar-refractivity contribution in [2.24, 2.45) is 11.3 Å². The Morgan fingerprint density at radius 3 is 2.81 bits per heavy atom. The fourth-order valence-corrected chi connectivity index (χ4v) is 6.39. The summed E-state index contributed by atoms with van der Waals surface area (Å²) in [5, 5.41) is 12.5. The molecule has 1 spiro atoms. The molecule has 4 aliphatic rings. The minimum absolute atomic E-state index is 0.0450. The molecule has 7 heteroatoms. The lowest BCUT2D eigenvalue weighted by atomic mass is 9.48. The zero-order chi connectivity index (χ0) is 22.3. The maximum atomic E-state index is 13.1. The van der Waals surface area contributed by atoms with E-state index in [4.69, 9.17) is 14.3 Å². The number of ether oxygens (including phenoxy) is 2. The molecule has 1 aromatic rings. The van der Waals surface area contributed by atoms with Gasteiger partial charge in [-0.15, -0.1) is 0 Å². The molecule has 168 valence electrons. The van der Waals surface area contributed by atoms with Gasteiger partial charge in [-0.2, -0.15) is 5.06 Å². The molecule has 2 aliphatic carbocycles. The van der Waals surface area contributed by atoms with Gasteiger partial charge < -0.3 is 14.6 Å². The molecule has 1 saturated carbocycles. The van der Waals surface area contributed by atoms with Crippen molar-refractivity contribution in [1.29, 1.82) is 0 Å². The molecule has 0 radical (unpaired) electrons. The maximum Gasteiger partial charge on any atom is 0.313 e. The molecule has 2 fully saturated rings. The standard InChI is InChI=1S/C24H31NO6/c1-13(29-21(28)22(2,3)4)31-25-11-10-24-15-7-9-18(27)23(24,5)30-20-17(26)8-6-14(19(20)24)12-16(15)25/h6,8,13,15-16,26H,7,9-12H2,1-5H3/t13?,15-,16?,23-,24-/m0/s1. The summed E-state index contributed by atoms with van der Waals surface area (Å²) in [4.78, 5) is 31.6. The number of carbonyl (C=O) groups is 2. The molecule has 2 bridgehead atoms. The number of piperidine rings is 1. The Morgan fingerprint density at radius 1 is 1.35 bits per heavy atom. The number of phenols is 1. The fourth-order valence-electron chi connectivity index (χ4n) is 6.39. The summed E-state index contributed by atoms with van der Waals surface area (Å²) in [6.07, 6.45) is 1.93. The molecule has 2 heterocycles. The van der Waals surface area contributed by atoms with Crippen LogP contribution in [0.1, 0.15) is 65.0 Å². The predicted molar refractivity (Wildman–Crippen MR) is 111 cm³/mol. The SMILES string of the molecule is CC(OC(=O)C(C)(C)C)ON1CC[C@]23c4c5ccc(O)c4O[C@@]2(C)C(=O)CC[C@H]3C1C5. The van der Waals surface area contributed by atoms with E-state index >= 15 is 0 Å². The van der Waals surface area contributed by atoms with E-state index in [1.165, 1.54) is 0 Å². The molecule has 2 aliphatic heterocycles. The Labute approximate surface area is 182 Å². The number of carbonyl (C=O) groups excluding carboxylic acids is 2. The van der Waals surface area contributed by atoms with Crippen LogP contribution < -0.4 is 4.74 Å². The molecule has 5 atom stereocenters. The minimum Gasteiger partial charge on any atom is -0.504 e. The first-order valence-corrected chi connectivity index (χ1v) is 11.2. The zero-order valence-corrected chi connectivity index (χ0v) is 18.9. The monoisotopic (exact) mass is 429 g/mol. The topological polar surface area (TPSA) is 85.3 Å². The zero-order valence-electron chi connectivity index (χ0n) is 18.9. The van der Waals surface area contributed by atoms with Gasteiger partial charge in [0.2, 0.25) is 6.29 Å². The van der Waals surface area contributed by atoms with Gasteiger partial charge in [0.15, 0.2) is 22.9 Å². The molecule has 0 amide bonds. The van der Waals surface area contributed by atoms with Crippen LogP contribution in [0.5, 0.6) is 11.5 Å². The van der Waals surface area contributed by atoms with Crippen molar-refractivity contribution in [2.45, 2.75) is 83.6 Å². The van der Waals surface area contributed by atoms with Crippen molar-refractivity contribution in [3.05, 3.63) is 23.3 Å². The molecule has 1 saturated heterocycles. The van der Waals surface area contributed by atoms with Gasteiger partial charge in [-0.05, 0) is 71.4 Å². The first-order valence-electron chi connectivity index (χ1n) is 11.2. The van der Waals surface area contributed by atoms with Crippen LogP contribution in [-0.2, 0) is 31.0 Å². The van der Waals surface area contributed by atoms with Gasteiger partial charge in [-0.3, -0.25) is 14.4 Å². The predicted octanol–water partition coefficient (Wildman–Crippen LogP) is 3.26. The van der Waals surface area contributed by atoms with Crippen LogP contribution in [0.4, 0.5) is 0 Å². The number of ketones is 1. The molecular formula is C24H31NO6. The molecule has 5 rings (SSSR count). The second-order valence-electron chi connectivity index (χ2n) is 10.6. The fraction of sp³-hybridized carbons (Fsp3) is 0.667. The van der Waals surface area contributed by atoms with Crippen LogP contribution in [-0.4, -0.2) is 46.4 Å². The normalized spacial score (nSPS) is 34.7. The summed E-state index contributed by atoms with van der Waals surface area (Å²) in [6.45, 7) is 9.69. The number of aromatic hydroxyl groups is 1. The van der Waals surface area contributed by atoms with Crippen LogP contribution in [0.2, 0.25) is 0 Å². The molecule has 0 aromatic heterocycles. The molecule has 7 nitrogen and oxygen atoms in total. The van der Waals surface area contributed by atoms with E-state index < -0.39 is 22.7 Å². The van der Waals surface area contributed by atoms with E-state index in [9.17, 15) is 14.7 Å². The number of hydroxylamine groups is 2. The lowest BCUT2D eigenvalue weighted by Gasteiger charge is -2.60. The Balaban J connectivity index is 1.49. The third-order valence-corrected chi connectivity index (χ3v) is 7.83. The molecule has 31 heavy (non-hydrogen) atoms. The van der Waals surface area contributed by atoms with E-state index in [0.717, 1.165) is 24.0 Å². The number of hydrogen-bond acceptors (Lipinski definition) is 7. The number of esters is 1. The second kappa shape index (κ2) is 6.45. The summed E-state index contributed by atoms with van der Waals surface area (Å²) >= 11 is 0. The summed E-state index contributed by atoms with van der Waals surface area (Å²) in [5.41, 5.74) is 0.0930. The summed E-state index contributed by atoms with van der Waals surface area (Å²) in [5.74, 6) is 0.552. The lowest BCUT2D eigenvalue weighted by Crippen LogP contribution is -2.71. The highest BCUT2D eigenvalue weighted by atomic mass is 16.8. The van der Waals surface area contributed by atoms with E-state index in [2.05, 4.69) is 0 Å². The molecule has 2 unspecified atom stereocenters. The van der Waals surface area contributed by atoms with Gasteiger partial charge in [0.1, 0.15) is 0 Å². The van der Waals surface area contributed by atoms with Crippen LogP contribution in [0.3, 0.4) is 0 Å². The first kappa shape index (κ1) is 20.8.